The number of carbonyl (C=O) groups is 1. The number of ether oxygens (including phenoxy) is 1. The summed E-state index contributed by atoms with van der Waals surface area (Å²) in [7, 11) is 0. The maximum atomic E-state index is 11.1. The van der Waals surface area contributed by atoms with Gasteiger partial charge in [0.1, 0.15) is 0 Å². The SMILES string of the molecule is CCOC(=O)c1noc(C(N)CCO)n1. The van der Waals surface area contributed by atoms with Crippen molar-refractivity contribution in [2.75, 3.05) is 13.2 Å². The van der Waals surface area contributed by atoms with Gasteiger partial charge in [0.15, 0.2) is 0 Å². The van der Waals surface area contributed by atoms with Crippen molar-refractivity contribution in [1.82, 2.24) is 10.1 Å². The second-order valence-corrected chi connectivity index (χ2v) is 2.80. The Labute approximate surface area is 86.2 Å². The third-order valence-corrected chi connectivity index (χ3v) is 1.66. The van der Waals surface area contributed by atoms with Gasteiger partial charge in [-0.15, -0.1) is 0 Å². The number of aliphatic hydroxyl groups is 1. The molecule has 1 aromatic rings. The summed E-state index contributed by atoms with van der Waals surface area (Å²) >= 11 is 0. The Hall–Kier alpha value is -1.47. The lowest BCUT2D eigenvalue weighted by Gasteiger charge is -2.01. The fourth-order valence-corrected chi connectivity index (χ4v) is 0.927. The molecule has 7 nitrogen and oxygen atoms in total. The molecule has 0 saturated carbocycles. The molecular formula is C8H13N3O4. The van der Waals surface area contributed by atoms with E-state index in [1.807, 2.05) is 0 Å². The highest BCUT2D eigenvalue weighted by Gasteiger charge is 2.19. The quantitative estimate of drug-likeness (QED) is 0.644. The van der Waals surface area contributed by atoms with Crippen LogP contribution in [0.1, 0.15) is 35.9 Å². The summed E-state index contributed by atoms with van der Waals surface area (Å²) in [5, 5.41) is 12.1. The molecule has 0 saturated heterocycles. The molecule has 0 radical (unpaired) electrons. The van der Waals surface area contributed by atoms with Crippen molar-refractivity contribution >= 4 is 5.97 Å². The summed E-state index contributed by atoms with van der Waals surface area (Å²) in [6.45, 7) is 1.83. The normalized spacial score (nSPS) is 12.5. The first kappa shape index (κ1) is 11.6. The highest BCUT2D eigenvalue weighted by molar-refractivity contribution is 5.84. The number of nitrogens with zero attached hydrogens (tertiary/aromatic N) is 2. The summed E-state index contributed by atoms with van der Waals surface area (Å²) in [6.07, 6.45) is 0.296. The maximum absolute atomic E-state index is 11.1. The van der Waals surface area contributed by atoms with Gasteiger partial charge in [0.05, 0.1) is 12.6 Å². The lowest BCUT2D eigenvalue weighted by Crippen LogP contribution is -2.13. The fraction of sp³-hybridized carbons (Fsp3) is 0.625. The summed E-state index contributed by atoms with van der Waals surface area (Å²) in [5.74, 6) is -0.684. The van der Waals surface area contributed by atoms with Crippen molar-refractivity contribution in [2.24, 2.45) is 5.73 Å². The molecule has 0 spiro atoms. The van der Waals surface area contributed by atoms with Crippen LogP contribution < -0.4 is 5.73 Å². The summed E-state index contributed by atoms with van der Waals surface area (Å²) in [6, 6.07) is -0.564. The predicted molar refractivity (Wildman–Crippen MR) is 48.9 cm³/mol. The van der Waals surface area contributed by atoms with Gasteiger partial charge in [-0.1, -0.05) is 0 Å². The van der Waals surface area contributed by atoms with Crippen LogP contribution in [-0.2, 0) is 4.74 Å². The van der Waals surface area contributed by atoms with E-state index in [1.165, 1.54) is 0 Å². The fourth-order valence-electron chi connectivity index (χ4n) is 0.927. The first-order valence-electron chi connectivity index (χ1n) is 4.56. The average molecular weight is 215 g/mol. The highest BCUT2D eigenvalue weighted by Crippen LogP contribution is 2.11. The van der Waals surface area contributed by atoms with E-state index in [2.05, 4.69) is 14.9 Å². The number of hydrogen-bond donors (Lipinski definition) is 2. The van der Waals surface area contributed by atoms with Crippen LogP contribution in [0.3, 0.4) is 0 Å². The van der Waals surface area contributed by atoms with Crippen molar-refractivity contribution in [3.8, 4) is 0 Å². The highest BCUT2D eigenvalue weighted by atomic mass is 16.5. The van der Waals surface area contributed by atoms with Crippen LogP contribution in [0.25, 0.3) is 0 Å². The summed E-state index contributed by atoms with van der Waals surface area (Å²) in [5.41, 5.74) is 5.58. The third kappa shape index (κ3) is 3.00. The molecule has 0 aromatic carbocycles. The van der Waals surface area contributed by atoms with Crippen molar-refractivity contribution in [3.63, 3.8) is 0 Å². The molecule has 0 bridgehead atoms. The third-order valence-electron chi connectivity index (χ3n) is 1.66. The van der Waals surface area contributed by atoms with Crippen LogP contribution in [0.2, 0.25) is 0 Å². The Kier molecular flexibility index (Phi) is 4.19. The van der Waals surface area contributed by atoms with E-state index in [-0.39, 0.29) is 24.9 Å². The number of rotatable bonds is 5. The minimum absolute atomic E-state index is 0.0850. The summed E-state index contributed by atoms with van der Waals surface area (Å²) in [4.78, 5) is 14.9. The molecule has 0 aliphatic heterocycles. The first-order chi connectivity index (χ1) is 7.19. The Balaban J connectivity index is 2.67. The second-order valence-electron chi connectivity index (χ2n) is 2.80. The molecule has 1 unspecified atom stereocenters. The van der Waals surface area contributed by atoms with Crippen molar-refractivity contribution in [2.45, 2.75) is 19.4 Å². The van der Waals surface area contributed by atoms with Gasteiger partial charge < -0.3 is 20.1 Å². The first-order valence-corrected chi connectivity index (χ1v) is 4.56. The molecule has 0 aliphatic carbocycles. The Morgan fingerprint density at radius 1 is 1.73 bits per heavy atom. The molecule has 1 rings (SSSR count). The molecule has 1 aromatic heterocycles. The Morgan fingerprint density at radius 3 is 3.07 bits per heavy atom. The maximum Gasteiger partial charge on any atom is 0.379 e. The van der Waals surface area contributed by atoms with Gasteiger partial charge in [-0.05, 0) is 18.5 Å². The van der Waals surface area contributed by atoms with E-state index in [0.717, 1.165) is 0 Å². The zero-order valence-electron chi connectivity index (χ0n) is 8.34. The van der Waals surface area contributed by atoms with Crippen molar-refractivity contribution in [1.29, 1.82) is 0 Å². The van der Waals surface area contributed by atoms with Crippen LogP contribution in [0.5, 0.6) is 0 Å². The standard InChI is InChI=1S/C8H13N3O4/c1-2-14-8(13)6-10-7(15-11-6)5(9)3-4-12/h5,12H,2-4,9H2,1H3. The van der Waals surface area contributed by atoms with Crippen molar-refractivity contribution in [3.05, 3.63) is 11.7 Å². The van der Waals surface area contributed by atoms with Gasteiger partial charge >= 0.3 is 5.97 Å². The van der Waals surface area contributed by atoms with E-state index in [9.17, 15) is 4.79 Å². The zero-order chi connectivity index (χ0) is 11.3. The lowest BCUT2D eigenvalue weighted by molar-refractivity contribution is 0.0508. The largest absolute Gasteiger partial charge is 0.460 e. The van der Waals surface area contributed by atoms with Gasteiger partial charge in [0, 0.05) is 6.61 Å². The number of carbonyl (C=O) groups excluding carboxylic acids is 1. The second kappa shape index (κ2) is 5.42. The molecule has 1 atom stereocenters. The van der Waals surface area contributed by atoms with Crippen LogP contribution >= 0.6 is 0 Å². The van der Waals surface area contributed by atoms with Gasteiger partial charge in [-0.25, -0.2) is 4.79 Å². The van der Waals surface area contributed by atoms with Crippen LogP contribution in [0.15, 0.2) is 4.52 Å². The number of aromatic nitrogens is 2. The van der Waals surface area contributed by atoms with Crippen LogP contribution in [-0.4, -0.2) is 34.4 Å². The van der Waals surface area contributed by atoms with E-state index in [4.69, 9.17) is 15.4 Å². The number of aliphatic hydroxyl groups excluding tert-OH is 1. The van der Waals surface area contributed by atoms with Crippen molar-refractivity contribution < 1.29 is 19.2 Å². The van der Waals surface area contributed by atoms with Crippen LogP contribution in [0.4, 0.5) is 0 Å². The lowest BCUT2D eigenvalue weighted by atomic mass is 10.2. The van der Waals surface area contributed by atoms with Gasteiger partial charge in [-0.3, -0.25) is 0 Å². The number of nitrogens with two attached hydrogens (primary N) is 1. The Morgan fingerprint density at radius 2 is 2.47 bits per heavy atom. The van der Waals surface area contributed by atoms with Gasteiger partial charge in [0.25, 0.3) is 5.82 Å². The topological polar surface area (TPSA) is 111 Å². The Bertz CT molecular complexity index is 325. The molecule has 0 aliphatic rings. The predicted octanol–water partition coefficient (Wildman–Crippen LogP) is -0.372. The average Bonchev–Trinajstić information content (AvgIpc) is 2.67. The van der Waals surface area contributed by atoms with Gasteiger partial charge in [-0.2, -0.15) is 4.98 Å². The summed E-state index contributed by atoms with van der Waals surface area (Å²) < 4.78 is 9.42. The molecule has 15 heavy (non-hydrogen) atoms. The molecule has 1 heterocycles. The molecule has 3 N–H and O–H groups in total. The van der Waals surface area contributed by atoms with E-state index >= 15 is 0 Å². The minimum atomic E-state index is -0.649. The number of hydrogen-bond acceptors (Lipinski definition) is 7. The minimum Gasteiger partial charge on any atom is -0.460 e. The monoisotopic (exact) mass is 215 g/mol. The molecular weight excluding hydrogens is 202 g/mol. The molecule has 84 valence electrons. The molecule has 7 heteroatoms. The van der Waals surface area contributed by atoms with Crippen LogP contribution in [0, 0.1) is 0 Å². The van der Waals surface area contributed by atoms with Gasteiger partial charge in [0.2, 0.25) is 5.89 Å². The molecule has 0 amide bonds. The van der Waals surface area contributed by atoms with E-state index < -0.39 is 12.0 Å². The number of esters is 1. The zero-order valence-corrected chi connectivity index (χ0v) is 8.34. The van der Waals surface area contributed by atoms with E-state index in [1.54, 1.807) is 6.92 Å². The smallest absolute Gasteiger partial charge is 0.379 e. The molecule has 0 fully saturated rings. The van der Waals surface area contributed by atoms with E-state index in [0.29, 0.717) is 6.42 Å².